The fourth-order valence-corrected chi connectivity index (χ4v) is 3.62. The van der Waals surface area contributed by atoms with Gasteiger partial charge in [0.2, 0.25) is 5.89 Å². The number of oxazole rings is 1. The van der Waals surface area contributed by atoms with Crippen LogP contribution in [0.2, 0.25) is 5.02 Å². The van der Waals surface area contributed by atoms with Gasteiger partial charge in [-0.25, -0.2) is 4.98 Å². The van der Waals surface area contributed by atoms with E-state index < -0.39 is 0 Å². The summed E-state index contributed by atoms with van der Waals surface area (Å²) in [5.74, 6) is 0.481. The summed E-state index contributed by atoms with van der Waals surface area (Å²) in [5.41, 5.74) is 3.15. The largest absolute Gasteiger partial charge is 0.444 e. The van der Waals surface area contributed by atoms with Crippen LogP contribution in [0.25, 0.3) is 22.2 Å². The highest BCUT2D eigenvalue weighted by Gasteiger charge is 2.30. The molecular formula is C21H13ClN2O2. The van der Waals surface area contributed by atoms with Crippen molar-refractivity contribution in [3.63, 3.8) is 0 Å². The van der Waals surface area contributed by atoms with Gasteiger partial charge in [0.1, 0.15) is 6.26 Å². The molecule has 0 spiro atoms. The number of hydrogen-bond donors (Lipinski definition) is 0. The minimum absolute atomic E-state index is 0.0101. The molecule has 1 aromatic heterocycles. The predicted octanol–water partition coefficient (Wildman–Crippen LogP) is 5.31. The molecule has 3 aromatic carbocycles. The third kappa shape index (κ3) is 2.30. The zero-order valence-corrected chi connectivity index (χ0v) is 14.4. The van der Waals surface area contributed by atoms with Crippen LogP contribution in [0.1, 0.15) is 16.1 Å². The van der Waals surface area contributed by atoms with Crippen LogP contribution < -0.4 is 4.90 Å². The molecule has 0 unspecified atom stereocenters. The summed E-state index contributed by atoms with van der Waals surface area (Å²) in [7, 11) is 0. The van der Waals surface area contributed by atoms with Crippen molar-refractivity contribution in [3.05, 3.63) is 83.2 Å². The Bertz CT molecular complexity index is 1160. The topological polar surface area (TPSA) is 46.3 Å². The SMILES string of the molecule is O=C1c2cccc3cccc(c23)N1Cc1coc(-c2cccc(Cl)c2)n1. The van der Waals surface area contributed by atoms with Crippen molar-refractivity contribution in [1.82, 2.24) is 4.98 Å². The van der Waals surface area contributed by atoms with E-state index in [2.05, 4.69) is 4.98 Å². The second kappa shape index (κ2) is 5.71. The first-order valence-electron chi connectivity index (χ1n) is 8.25. The minimum atomic E-state index is -0.0101. The minimum Gasteiger partial charge on any atom is -0.444 e. The van der Waals surface area contributed by atoms with Crippen LogP contribution in [0.4, 0.5) is 5.69 Å². The number of anilines is 1. The van der Waals surface area contributed by atoms with Crippen molar-refractivity contribution in [3.8, 4) is 11.5 Å². The summed E-state index contributed by atoms with van der Waals surface area (Å²) in [6, 6.07) is 19.1. The fraction of sp³-hybridized carbons (Fsp3) is 0.0476. The highest BCUT2D eigenvalue weighted by Crippen LogP contribution is 2.38. The second-order valence-electron chi connectivity index (χ2n) is 6.23. The van der Waals surface area contributed by atoms with Gasteiger partial charge in [0, 0.05) is 21.5 Å². The number of rotatable bonds is 3. The van der Waals surface area contributed by atoms with Gasteiger partial charge in [-0.2, -0.15) is 0 Å². The molecule has 0 bridgehead atoms. The standard InChI is InChI=1S/C21H13ClN2O2/c22-15-7-1-6-14(10-15)20-23-16(12-26-20)11-24-18-9-3-5-13-4-2-8-17(19(13)18)21(24)25/h1-10,12H,11H2. The van der Waals surface area contributed by atoms with Gasteiger partial charge in [-0.1, -0.05) is 41.9 Å². The maximum absolute atomic E-state index is 12.9. The lowest BCUT2D eigenvalue weighted by atomic mass is 10.1. The molecule has 0 radical (unpaired) electrons. The zero-order chi connectivity index (χ0) is 17.7. The van der Waals surface area contributed by atoms with E-state index in [4.69, 9.17) is 16.0 Å². The van der Waals surface area contributed by atoms with Crippen LogP contribution in [0, 0.1) is 0 Å². The van der Waals surface area contributed by atoms with Crippen LogP contribution in [0.5, 0.6) is 0 Å². The van der Waals surface area contributed by atoms with E-state index in [1.165, 1.54) is 0 Å². The molecule has 0 atom stereocenters. The van der Waals surface area contributed by atoms with Gasteiger partial charge in [0.15, 0.2) is 0 Å². The molecule has 5 heteroatoms. The first-order valence-corrected chi connectivity index (χ1v) is 8.62. The summed E-state index contributed by atoms with van der Waals surface area (Å²) in [4.78, 5) is 19.1. The van der Waals surface area contributed by atoms with Crippen molar-refractivity contribution < 1.29 is 9.21 Å². The highest BCUT2D eigenvalue weighted by atomic mass is 35.5. The molecule has 2 heterocycles. The quantitative estimate of drug-likeness (QED) is 0.497. The molecule has 1 aliphatic heterocycles. The molecule has 0 saturated carbocycles. The lowest BCUT2D eigenvalue weighted by Gasteiger charge is -2.15. The Hall–Kier alpha value is -3.11. The van der Waals surface area contributed by atoms with Gasteiger partial charge in [-0.3, -0.25) is 4.79 Å². The molecule has 5 rings (SSSR count). The average molecular weight is 361 g/mol. The van der Waals surface area contributed by atoms with Crippen molar-refractivity contribution in [2.24, 2.45) is 0 Å². The lowest BCUT2D eigenvalue weighted by Crippen LogP contribution is -2.26. The molecule has 0 aliphatic carbocycles. The molecule has 0 fully saturated rings. The van der Waals surface area contributed by atoms with Crippen LogP contribution >= 0.6 is 11.6 Å². The first kappa shape index (κ1) is 15.2. The van der Waals surface area contributed by atoms with Crippen molar-refractivity contribution in [2.45, 2.75) is 6.54 Å². The Labute approximate surface area is 154 Å². The Balaban J connectivity index is 1.50. The van der Waals surface area contributed by atoms with Crippen LogP contribution in [-0.4, -0.2) is 10.9 Å². The zero-order valence-electron chi connectivity index (χ0n) is 13.6. The highest BCUT2D eigenvalue weighted by molar-refractivity contribution is 6.30. The van der Waals surface area contributed by atoms with Gasteiger partial charge in [-0.05, 0) is 35.7 Å². The molecule has 4 nitrogen and oxygen atoms in total. The third-order valence-corrected chi connectivity index (χ3v) is 4.83. The second-order valence-corrected chi connectivity index (χ2v) is 6.66. The van der Waals surface area contributed by atoms with Crippen LogP contribution in [0.3, 0.4) is 0 Å². The Morgan fingerprint density at radius 1 is 1.04 bits per heavy atom. The Morgan fingerprint density at radius 3 is 2.69 bits per heavy atom. The smallest absolute Gasteiger partial charge is 0.259 e. The number of carbonyl (C=O) groups excluding carboxylic acids is 1. The maximum atomic E-state index is 12.9. The number of nitrogens with zero attached hydrogens (tertiary/aromatic N) is 2. The van der Waals surface area contributed by atoms with Crippen LogP contribution in [0.15, 0.2) is 71.3 Å². The lowest BCUT2D eigenvalue weighted by molar-refractivity contribution is 0.0991. The molecule has 126 valence electrons. The number of carbonyl (C=O) groups is 1. The normalized spacial score (nSPS) is 13.0. The molecular weight excluding hydrogens is 348 g/mol. The number of benzene rings is 3. The van der Waals surface area contributed by atoms with E-state index in [0.29, 0.717) is 23.2 Å². The molecule has 4 aromatic rings. The van der Waals surface area contributed by atoms with Gasteiger partial charge in [0.05, 0.1) is 17.9 Å². The van der Waals surface area contributed by atoms with Crippen LogP contribution in [-0.2, 0) is 6.54 Å². The van der Waals surface area contributed by atoms with E-state index in [0.717, 1.165) is 27.6 Å². The number of amides is 1. The van der Waals surface area contributed by atoms with E-state index in [9.17, 15) is 4.79 Å². The summed E-state index contributed by atoms with van der Waals surface area (Å²) in [6.07, 6.45) is 1.59. The number of halogens is 1. The monoisotopic (exact) mass is 360 g/mol. The van der Waals surface area contributed by atoms with Crippen molar-refractivity contribution >= 4 is 34.0 Å². The van der Waals surface area contributed by atoms with Crippen molar-refractivity contribution in [1.29, 1.82) is 0 Å². The Kier molecular flexibility index (Phi) is 3.33. The number of hydrogen-bond acceptors (Lipinski definition) is 3. The molecule has 0 saturated heterocycles. The van der Waals surface area contributed by atoms with E-state index >= 15 is 0 Å². The summed E-state index contributed by atoms with van der Waals surface area (Å²) >= 11 is 6.03. The van der Waals surface area contributed by atoms with E-state index in [1.807, 2.05) is 48.5 Å². The number of aromatic nitrogens is 1. The van der Waals surface area contributed by atoms with E-state index in [-0.39, 0.29) is 5.91 Å². The molecule has 1 aliphatic rings. The summed E-state index contributed by atoms with van der Waals surface area (Å²) in [5, 5.41) is 2.69. The van der Waals surface area contributed by atoms with Gasteiger partial charge < -0.3 is 9.32 Å². The summed E-state index contributed by atoms with van der Waals surface area (Å²) < 4.78 is 5.59. The van der Waals surface area contributed by atoms with Gasteiger partial charge in [-0.15, -0.1) is 0 Å². The summed E-state index contributed by atoms with van der Waals surface area (Å²) in [6.45, 7) is 0.358. The molecule has 1 amide bonds. The predicted molar refractivity (Wildman–Crippen MR) is 101 cm³/mol. The molecule has 26 heavy (non-hydrogen) atoms. The Morgan fingerprint density at radius 2 is 1.85 bits per heavy atom. The van der Waals surface area contributed by atoms with E-state index in [1.54, 1.807) is 23.3 Å². The first-order chi connectivity index (χ1) is 12.7. The maximum Gasteiger partial charge on any atom is 0.259 e. The average Bonchev–Trinajstić information content (AvgIpc) is 3.23. The van der Waals surface area contributed by atoms with Gasteiger partial charge >= 0.3 is 0 Å². The van der Waals surface area contributed by atoms with Gasteiger partial charge in [0.25, 0.3) is 5.91 Å². The van der Waals surface area contributed by atoms with Crippen molar-refractivity contribution in [2.75, 3.05) is 4.90 Å². The fourth-order valence-electron chi connectivity index (χ4n) is 3.43. The molecule has 0 N–H and O–H groups in total. The third-order valence-electron chi connectivity index (χ3n) is 4.59.